The molecule has 0 spiro atoms. The van der Waals surface area contributed by atoms with Crippen LogP contribution in [0.15, 0.2) is 12.4 Å². The van der Waals surface area contributed by atoms with Gasteiger partial charge < -0.3 is 5.32 Å². The van der Waals surface area contributed by atoms with Crippen molar-refractivity contribution < 1.29 is 13.2 Å². The van der Waals surface area contributed by atoms with E-state index in [0.29, 0.717) is 19.5 Å². The molecular weight excluding hydrogens is 219 g/mol. The third-order valence-electron chi connectivity index (χ3n) is 2.15. The molecule has 0 fully saturated rings. The topological polar surface area (TPSA) is 29.9 Å². The molecule has 1 rings (SSSR count). The smallest absolute Gasteiger partial charge is 0.313 e. The summed E-state index contributed by atoms with van der Waals surface area (Å²) < 4.78 is 37.1. The minimum absolute atomic E-state index is 0.184. The summed E-state index contributed by atoms with van der Waals surface area (Å²) >= 11 is 0. The Morgan fingerprint density at radius 3 is 2.69 bits per heavy atom. The Hall–Kier alpha value is -1.04. The first-order valence-corrected chi connectivity index (χ1v) is 5.22. The van der Waals surface area contributed by atoms with Crippen LogP contribution < -0.4 is 5.32 Å². The first-order valence-electron chi connectivity index (χ1n) is 5.22. The van der Waals surface area contributed by atoms with Crippen molar-refractivity contribution in [1.29, 1.82) is 0 Å². The maximum absolute atomic E-state index is 11.8. The van der Waals surface area contributed by atoms with Crippen LogP contribution in [0.4, 0.5) is 13.2 Å². The Balaban J connectivity index is 2.00. The van der Waals surface area contributed by atoms with Crippen LogP contribution in [0.1, 0.15) is 24.8 Å². The third kappa shape index (κ3) is 5.75. The van der Waals surface area contributed by atoms with E-state index in [9.17, 15) is 13.2 Å². The molecular formula is C10H16F3N3. The number of halogens is 3. The van der Waals surface area contributed by atoms with Gasteiger partial charge in [0.2, 0.25) is 0 Å². The molecule has 1 N–H and O–H groups in total. The first kappa shape index (κ1) is 13.0. The second-order valence-corrected chi connectivity index (χ2v) is 3.77. The molecule has 0 bridgehead atoms. The van der Waals surface area contributed by atoms with Gasteiger partial charge in [0.1, 0.15) is 0 Å². The SMILES string of the molecule is Cn1cc(CNCCCCC(F)(F)F)cn1. The molecule has 0 saturated carbocycles. The normalized spacial score (nSPS) is 12.0. The lowest BCUT2D eigenvalue weighted by Crippen LogP contribution is -2.15. The highest BCUT2D eigenvalue weighted by molar-refractivity contribution is 5.02. The molecule has 0 atom stereocenters. The van der Waals surface area contributed by atoms with Gasteiger partial charge >= 0.3 is 6.18 Å². The van der Waals surface area contributed by atoms with Crippen molar-refractivity contribution in [2.45, 2.75) is 32.0 Å². The number of nitrogens with one attached hydrogen (secondary N) is 1. The summed E-state index contributed by atoms with van der Waals surface area (Å²) in [6, 6.07) is 0. The number of alkyl halides is 3. The molecule has 6 heteroatoms. The Bertz CT molecular complexity index is 307. The van der Waals surface area contributed by atoms with Crippen molar-refractivity contribution in [3.8, 4) is 0 Å². The van der Waals surface area contributed by atoms with E-state index in [1.54, 1.807) is 10.9 Å². The standard InChI is InChI=1S/C10H16F3N3/c1-16-8-9(7-15-16)6-14-5-3-2-4-10(11,12)13/h7-8,14H,2-6H2,1H3. The van der Waals surface area contributed by atoms with Crippen LogP contribution in [0.2, 0.25) is 0 Å². The fourth-order valence-electron chi connectivity index (χ4n) is 1.37. The number of aromatic nitrogens is 2. The maximum atomic E-state index is 11.8. The zero-order valence-corrected chi connectivity index (χ0v) is 9.22. The van der Waals surface area contributed by atoms with Crippen LogP contribution in [0.3, 0.4) is 0 Å². The summed E-state index contributed by atoms with van der Waals surface area (Å²) in [5.74, 6) is 0. The van der Waals surface area contributed by atoms with Crippen LogP contribution in [-0.4, -0.2) is 22.5 Å². The van der Waals surface area contributed by atoms with Crippen molar-refractivity contribution in [3.05, 3.63) is 18.0 Å². The fraction of sp³-hybridized carbons (Fsp3) is 0.700. The molecule has 0 unspecified atom stereocenters. The lowest BCUT2D eigenvalue weighted by Gasteiger charge is -2.06. The Labute approximate surface area is 92.6 Å². The van der Waals surface area contributed by atoms with Crippen molar-refractivity contribution in [1.82, 2.24) is 15.1 Å². The zero-order chi connectivity index (χ0) is 12.0. The van der Waals surface area contributed by atoms with Gasteiger partial charge in [0, 0.05) is 31.8 Å². The molecule has 0 radical (unpaired) electrons. The van der Waals surface area contributed by atoms with Crippen LogP contribution in [-0.2, 0) is 13.6 Å². The van der Waals surface area contributed by atoms with E-state index < -0.39 is 12.6 Å². The highest BCUT2D eigenvalue weighted by Crippen LogP contribution is 2.21. The Morgan fingerprint density at radius 2 is 2.12 bits per heavy atom. The van der Waals surface area contributed by atoms with E-state index in [2.05, 4.69) is 10.4 Å². The number of aryl methyl sites for hydroxylation is 1. The second kappa shape index (κ2) is 5.89. The van der Waals surface area contributed by atoms with Gasteiger partial charge in [-0.25, -0.2) is 0 Å². The molecule has 0 aliphatic rings. The van der Waals surface area contributed by atoms with Gasteiger partial charge in [-0.3, -0.25) is 4.68 Å². The van der Waals surface area contributed by atoms with Gasteiger partial charge in [-0.05, 0) is 19.4 Å². The van der Waals surface area contributed by atoms with Gasteiger partial charge in [0.15, 0.2) is 0 Å². The summed E-state index contributed by atoms with van der Waals surface area (Å²) in [5, 5.41) is 7.07. The summed E-state index contributed by atoms with van der Waals surface area (Å²) in [5.41, 5.74) is 1.04. The van der Waals surface area contributed by atoms with Gasteiger partial charge in [-0.1, -0.05) is 0 Å². The Morgan fingerprint density at radius 1 is 1.38 bits per heavy atom. The van der Waals surface area contributed by atoms with Gasteiger partial charge in [0.25, 0.3) is 0 Å². The minimum atomic E-state index is -4.02. The summed E-state index contributed by atoms with van der Waals surface area (Å²) in [4.78, 5) is 0. The molecule has 16 heavy (non-hydrogen) atoms. The molecule has 0 aromatic carbocycles. The van der Waals surface area contributed by atoms with E-state index in [0.717, 1.165) is 5.56 Å². The van der Waals surface area contributed by atoms with Gasteiger partial charge in [-0.2, -0.15) is 18.3 Å². The summed E-state index contributed by atoms with van der Waals surface area (Å²) in [7, 11) is 1.83. The highest BCUT2D eigenvalue weighted by Gasteiger charge is 2.25. The van der Waals surface area contributed by atoms with E-state index in [1.165, 1.54) is 0 Å². The lowest BCUT2D eigenvalue weighted by molar-refractivity contribution is -0.135. The first-order chi connectivity index (χ1) is 7.47. The quantitative estimate of drug-likeness (QED) is 0.766. The van der Waals surface area contributed by atoms with Crippen LogP contribution in [0, 0.1) is 0 Å². The van der Waals surface area contributed by atoms with Crippen LogP contribution in [0.25, 0.3) is 0 Å². The number of unbranched alkanes of at least 4 members (excludes halogenated alkanes) is 1. The lowest BCUT2D eigenvalue weighted by atomic mass is 10.2. The fourth-order valence-corrected chi connectivity index (χ4v) is 1.37. The molecule has 0 aliphatic heterocycles. The molecule has 1 aromatic rings. The molecule has 92 valence electrons. The number of rotatable bonds is 6. The second-order valence-electron chi connectivity index (χ2n) is 3.77. The zero-order valence-electron chi connectivity index (χ0n) is 9.22. The molecule has 0 amide bonds. The predicted octanol–water partition coefficient (Wildman–Crippen LogP) is 2.24. The molecule has 1 heterocycles. The third-order valence-corrected chi connectivity index (χ3v) is 2.15. The average molecular weight is 235 g/mol. The van der Waals surface area contributed by atoms with Crippen molar-refractivity contribution in [2.75, 3.05) is 6.54 Å². The van der Waals surface area contributed by atoms with Gasteiger partial charge in [-0.15, -0.1) is 0 Å². The number of hydrogen-bond acceptors (Lipinski definition) is 2. The number of hydrogen-bond donors (Lipinski definition) is 1. The maximum Gasteiger partial charge on any atom is 0.389 e. The Kier molecular flexibility index (Phi) is 4.79. The van der Waals surface area contributed by atoms with E-state index in [4.69, 9.17) is 0 Å². The molecule has 1 aromatic heterocycles. The molecule has 0 saturated heterocycles. The van der Waals surface area contributed by atoms with E-state index in [1.807, 2.05) is 13.2 Å². The molecule has 0 aliphatic carbocycles. The van der Waals surface area contributed by atoms with Crippen molar-refractivity contribution >= 4 is 0 Å². The molecule has 3 nitrogen and oxygen atoms in total. The van der Waals surface area contributed by atoms with Crippen LogP contribution >= 0.6 is 0 Å². The summed E-state index contributed by atoms with van der Waals surface area (Å²) in [6.45, 7) is 1.25. The highest BCUT2D eigenvalue weighted by atomic mass is 19.4. The minimum Gasteiger partial charge on any atom is -0.313 e. The average Bonchev–Trinajstić information content (AvgIpc) is 2.56. The van der Waals surface area contributed by atoms with Crippen molar-refractivity contribution in [2.24, 2.45) is 7.05 Å². The predicted molar refractivity (Wildman–Crippen MR) is 54.8 cm³/mol. The van der Waals surface area contributed by atoms with E-state index in [-0.39, 0.29) is 6.42 Å². The largest absolute Gasteiger partial charge is 0.389 e. The summed E-state index contributed by atoms with van der Waals surface area (Å²) in [6.07, 6.45) is -0.375. The monoisotopic (exact) mass is 235 g/mol. The van der Waals surface area contributed by atoms with E-state index >= 15 is 0 Å². The van der Waals surface area contributed by atoms with Crippen LogP contribution in [0.5, 0.6) is 0 Å². The van der Waals surface area contributed by atoms with Gasteiger partial charge in [0.05, 0.1) is 6.20 Å². The number of nitrogens with zero attached hydrogens (tertiary/aromatic N) is 2. The van der Waals surface area contributed by atoms with Crippen molar-refractivity contribution in [3.63, 3.8) is 0 Å².